The van der Waals surface area contributed by atoms with Gasteiger partial charge >= 0.3 is 0 Å². The van der Waals surface area contributed by atoms with E-state index in [0.717, 1.165) is 56.8 Å². The SMILES string of the molecule is Cl.Cl.NC1CC2CCCC(C1)C2NC(=O)c1ccccc1CN1CCOCC1. The number of benzene rings is 1. The van der Waals surface area contributed by atoms with E-state index < -0.39 is 0 Å². The summed E-state index contributed by atoms with van der Waals surface area (Å²) in [6, 6.07) is 8.66. The van der Waals surface area contributed by atoms with Crippen LogP contribution in [0.4, 0.5) is 0 Å². The second kappa shape index (κ2) is 10.8. The van der Waals surface area contributed by atoms with E-state index in [1.54, 1.807) is 0 Å². The Hall–Kier alpha value is -0.850. The molecule has 1 amide bonds. The van der Waals surface area contributed by atoms with Crippen LogP contribution >= 0.6 is 24.8 Å². The normalized spacial score (nSPS) is 29.9. The summed E-state index contributed by atoms with van der Waals surface area (Å²) < 4.78 is 5.44. The van der Waals surface area contributed by atoms with Crippen LogP contribution in [-0.4, -0.2) is 49.2 Å². The van der Waals surface area contributed by atoms with E-state index in [1.807, 2.05) is 18.2 Å². The lowest BCUT2D eigenvalue weighted by Crippen LogP contribution is -2.53. The quantitative estimate of drug-likeness (QED) is 0.771. The van der Waals surface area contributed by atoms with Crippen molar-refractivity contribution < 1.29 is 9.53 Å². The molecule has 2 atom stereocenters. The van der Waals surface area contributed by atoms with Gasteiger partial charge in [-0.25, -0.2) is 0 Å². The Kier molecular flexibility index (Phi) is 9.03. The predicted octanol–water partition coefficient (Wildman–Crippen LogP) is 3.00. The van der Waals surface area contributed by atoms with E-state index in [4.69, 9.17) is 10.5 Å². The first kappa shape index (κ1) is 23.4. The fourth-order valence-electron chi connectivity index (χ4n) is 5.13. The Morgan fingerprint density at radius 1 is 1.11 bits per heavy atom. The topological polar surface area (TPSA) is 67.6 Å². The first-order chi connectivity index (χ1) is 12.7. The van der Waals surface area contributed by atoms with Crippen LogP contribution in [0.5, 0.6) is 0 Å². The maximum atomic E-state index is 13.1. The number of hydrogen-bond donors (Lipinski definition) is 2. The number of amides is 1. The van der Waals surface area contributed by atoms with Crippen molar-refractivity contribution in [2.75, 3.05) is 26.3 Å². The molecule has 1 aromatic carbocycles. The Bertz CT molecular complexity index is 626. The van der Waals surface area contributed by atoms with E-state index in [-0.39, 0.29) is 30.7 Å². The molecule has 2 bridgehead atoms. The number of halogens is 2. The number of nitrogens with two attached hydrogens (primary N) is 1. The van der Waals surface area contributed by atoms with Crippen LogP contribution in [0.2, 0.25) is 0 Å². The van der Waals surface area contributed by atoms with Gasteiger partial charge in [-0.2, -0.15) is 0 Å². The molecule has 3 fully saturated rings. The first-order valence-corrected chi connectivity index (χ1v) is 10.1. The molecule has 5 nitrogen and oxygen atoms in total. The fraction of sp³-hybridized carbons (Fsp3) is 0.667. The van der Waals surface area contributed by atoms with Crippen LogP contribution in [0.1, 0.15) is 48.0 Å². The van der Waals surface area contributed by atoms with Crippen molar-refractivity contribution in [3.05, 3.63) is 35.4 Å². The van der Waals surface area contributed by atoms with Gasteiger partial charge in [-0.3, -0.25) is 9.69 Å². The highest BCUT2D eigenvalue weighted by Gasteiger charge is 2.40. The summed E-state index contributed by atoms with van der Waals surface area (Å²) in [5.41, 5.74) is 8.17. The van der Waals surface area contributed by atoms with E-state index in [1.165, 1.54) is 19.3 Å². The van der Waals surface area contributed by atoms with Gasteiger partial charge in [-0.15, -0.1) is 24.8 Å². The minimum Gasteiger partial charge on any atom is -0.379 e. The van der Waals surface area contributed by atoms with Gasteiger partial charge in [0.2, 0.25) is 0 Å². The van der Waals surface area contributed by atoms with E-state index >= 15 is 0 Å². The molecular formula is C21H33Cl2N3O2. The van der Waals surface area contributed by atoms with Gasteiger partial charge in [-0.1, -0.05) is 24.6 Å². The molecule has 1 aromatic rings. The molecule has 2 aliphatic carbocycles. The van der Waals surface area contributed by atoms with Gasteiger partial charge in [0.05, 0.1) is 13.2 Å². The Balaban J connectivity index is 0.00000140. The van der Waals surface area contributed by atoms with Crippen molar-refractivity contribution in [3.8, 4) is 0 Å². The number of ether oxygens (including phenoxy) is 1. The zero-order valence-corrected chi connectivity index (χ0v) is 18.0. The van der Waals surface area contributed by atoms with Crippen LogP contribution in [0.3, 0.4) is 0 Å². The molecule has 4 rings (SSSR count). The van der Waals surface area contributed by atoms with E-state index in [0.29, 0.717) is 23.9 Å². The third-order valence-corrected chi connectivity index (χ3v) is 6.43. The van der Waals surface area contributed by atoms with Gasteiger partial charge in [0, 0.05) is 37.3 Å². The largest absolute Gasteiger partial charge is 0.379 e. The summed E-state index contributed by atoms with van der Waals surface area (Å²) in [5, 5.41) is 3.40. The minimum atomic E-state index is 0. The lowest BCUT2D eigenvalue weighted by Gasteiger charge is -2.45. The van der Waals surface area contributed by atoms with Crippen LogP contribution in [-0.2, 0) is 11.3 Å². The molecule has 1 saturated heterocycles. The summed E-state index contributed by atoms with van der Waals surface area (Å²) in [7, 11) is 0. The molecule has 0 spiro atoms. The summed E-state index contributed by atoms with van der Waals surface area (Å²) in [6.07, 6.45) is 5.78. The number of carbonyl (C=O) groups excluding carboxylic acids is 1. The third kappa shape index (κ3) is 5.39. The van der Waals surface area contributed by atoms with Gasteiger partial charge in [-0.05, 0) is 49.1 Å². The van der Waals surface area contributed by atoms with Crippen molar-refractivity contribution in [2.45, 2.75) is 50.7 Å². The molecule has 3 N–H and O–H groups in total. The van der Waals surface area contributed by atoms with Crippen LogP contribution in [0, 0.1) is 11.8 Å². The number of morpholine rings is 1. The fourth-order valence-corrected chi connectivity index (χ4v) is 5.13. The van der Waals surface area contributed by atoms with Gasteiger partial charge < -0.3 is 15.8 Å². The maximum absolute atomic E-state index is 13.1. The molecule has 158 valence electrons. The first-order valence-electron chi connectivity index (χ1n) is 10.1. The van der Waals surface area contributed by atoms with Crippen LogP contribution in [0.25, 0.3) is 0 Å². The zero-order chi connectivity index (χ0) is 17.9. The van der Waals surface area contributed by atoms with Crippen molar-refractivity contribution >= 4 is 30.7 Å². The van der Waals surface area contributed by atoms with Crippen molar-refractivity contribution in [1.82, 2.24) is 10.2 Å². The molecule has 3 aliphatic rings. The highest BCUT2D eigenvalue weighted by molar-refractivity contribution is 5.95. The summed E-state index contributed by atoms with van der Waals surface area (Å²) in [6.45, 7) is 4.23. The average molecular weight is 430 g/mol. The van der Waals surface area contributed by atoms with E-state index in [9.17, 15) is 4.79 Å². The van der Waals surface area contributed by atoms with Crippen LogP contribution < -0.4 is 11.1 Å². The summed E-state index contributed by atoms with van der Waals surface area (Å²) in [4.78, 5) is 15.5. The van der Waals surface area contributed by atoms with Crippen LogP contribution in [0.15, 0.2) is 24.3 Å². The lowest BCUT2D eigenvalue weighted by atomic mass is 9.67. The molecule has 1 heterocycles. The van der Waals surface area contributed by atoms with Crippen molar-refractivity contribution in [3.63, 3.8) is 0 Å². The predicted molar refractivity (Wildman–Crippen MR) is 116 cm³/mol. The lowest BCUT2D eigenvalue weighted by molar-refractivity contribution is 0.0340. The second-order valence-corrected chi connectivity index (χ2v) is 8.23. The number of nitrogens with one attached hydrogen (secondary N) is 1. The van der Waals surface area contributed by atoms with Gasteiger partial charge in [0.15, 0.2) is 0 Å². The number of rotatable bonds is 4. The molecule has 1 aliphatic heterocycles. The Labute approximate surface area is 180 Å². The smallest absolute Gasteiger partial charge is 0.251 e. The van der Waals surface area contributed by atoms with Gasteiger partial charge in [0.25, 0.3) is 5.91 Å². The molecule has 28 heavy (non-hydrogen) atoms. The van der Waals surface area contributed by atoms with Gasteiger partial charge in [0.1, 0.15) is 0 Å². The second-order valence-electron chi connectivity index (χ2n) is 8.23. The summed E-state index contributed by atoms with van der Waals surface area (Å²) >= 11 is 0. The maximum Gasteiger partial charge on any atom is 0.251 e. The number of nitrogens with zero attached hydrogens (tertiary/aromatic N) is 1. The molecular weight excluding hydrogens is 397 g/mol. The molecule has 2 saturated carbocycles. The molecule has 0 radical (unpaired) electrons. The number of fused-ring (bicyclic) bond motifs is 2. The van der Waals surface area contributed by atoms with Crippen molar-refractivity contribution in [2.24, 2.45) is 17.6 Å². The number of hydrogen-bond acceptors (Lipinski definition) is 4. The third-order valence-electron chi connectivity index (χ3n) is 6.43. The number of carbonyl (C=O) groups is 1. The van der Waals surface area contributed by atoms with E-state index in [2.05, 4.69) is 16.3 Å². The monoisotopic (exact) mass is 429 g/mol. The molecule has 7 heteroatoms. The standard InChI is InChI=1S/C21H31N3O2.2ClH/c22-18-12-15-5-3-6-16(13-18)20(15)23-21(25)19-7-2-1-4-17(19)14-24-8-10-26-11-9-24;;/h1-2,4,7,15-16,18,20H,3,5-6,8-14,22H2,(H,23,25);2*1H. The molecule has 2 unspecified atom stereocenters. The zero-order valence-electron chi connectivity index (χ0n) is 16.3. The highest BCUT2D eigenvalue weighted by Crippen LogP contribution is 2.39. The Morgan fingerprint density at radius 2 is 1.75 bits per heavy atom. The Morgan fingerprint density at radius 3 is 2.43 bits per heavy atom. The highest BCUT2D eigenvalue weighted by atomic mass is 35.5. The molecule has 0 aromatic heterocycles. The van der Waals surface area contributed by atoms with Crippen molar-refractivity contribution in [1.29, 1.82) is 0 Å². The summed E-state index contributed by atoms with van der Waals surface area (Å²) in [5.74, 6) is 1.19. The minimum absolute atomic E-state index is 0. The average Bonchev–Trinajstić information content (AvgIpc) is 2.64.